The fraction of sp³-hybridized carbons (Fsp3) is 0.388. The number of carbonyl (C=O) groups is 4. The number of hydrogen-bond acceptors (Lipinski definition) is 10. The summed E-state index contributed by atoms with van der Waals surface area (Å²) in [6, 6.07) is 21.3. The van der Waals surface area contributed by atoms with E-state index in [1.165, 1.54) is 14.2 Å². The van der Waals surface area contributed by atoms with Gasteiger partial charge in [0.25, 0.3) is 5.91 Å². The van der Waals surface area contributed by atoms with Crippen LogP contribution in [0, 0.1) is 11.8 Å². The second kappa shape index (κ2) is 17.9. The Hall–Kier alpha value is -6.94. The topological polar surface area (TPSA) is 193 Å². The number of imidazole rings is 2. The Morgan fingerprint density at radius 2 is 1.65 bits per heavy atom. The summed E-state index contributed by atoms with van der Waals surface area (Å²) in [4.78, 5) is 73.5. The van der Waals surface area contributed by atoms with Crippen LogP contribution in [0.15, 0.2) is 79.0 Å². The summed E-state index contributed by atoms with van der Waals surface area (Å²) in [5.74, 6) is 1.61. The van der Waals surface area contributed by atoms with E-state index in [4.69, 9.17) is 28.9 Å². The Morgan fingerprint density at radius 1 is 0.862 bits per heavy atom. The Morgan fingerprint density at radius 3 is 2.40 bits per heavy atom. The molecule has 0 aliphatic carbocycles. The lowest BCUT2D eigenvalue weighted by molar-refractivity contribution is -0.137. The predicted molar refractivity (Wildman–Crippen MR) is 243 cm³/mol. The molecule has 0 bridgehead atoms. The maximum absolute atomic E-state index is 14.3. The van der Waals surface area contributed by atoms with Crippen molar-refractivity contribution < 1.29 is 38.1 Å². The summed E-state index contributed by atoms with van der Waals surface area (Å²) in [5.41, 5.74) is 7.09. The molecule has 4 amide bonds. The Labute approximate surface area is 376 Å². The predicted octanol–water partition coefficient (Wildman–Crippen LogP) is 7.73. The molecule has 16 heteroatoms. The van der Waals surface area contributed by atoms with E-state index in [1.54, 1.807) is 18.2 Å². The maximum Gasteiger partial charge on any atom is 0.407 e. The van der Waals surface area contributed by atoms with Crippen LogP contribution in [0.5, 0.6) is 5.75 Å². The van der Waals surface area contributed by atoms with Crippen LogP contribution in [-0.4, -0.2) is 100 Å². The highest BCUT2D eigenvalue weighted by Gasteiger charge is 2.43. The largest absolute Gasteiger partial charge is 0.488 e. The number of benzene rings is 4. The van der Waals surface area contributed by atoms with E-state index >= 15 is 0 Å². The van der Waals surface area contributed by atoms with E-state index in [-0.39, 0.29) is 41.8 Å². The summed E-state index contributed by atoms with van der Waals surface area (Å²) >= 11 is 0. The minimum absolute atomic E-state index is 0.0342. The van der Waals surface area contributed by atoms with Crippen LogP contribution in [0.1, 0.15) is 80.9 Å². The van der Waals surface area contributed by atoms with Crippen molar-refractivity contribution in [3.8, 4) is 28.1 Å². The fourth-order valence-corrected chi connectivity index (χ4v) is 9.83. The first kappa shape index (κ1) is 43.3. The first-order valence-corrected chi connectivity index (χ1v) is 22.1. The first-order chi connectivity index (χ1) is 31.5. The molecule has 3 aliphatic rings. The number of ether oxygens (including phenoxy) is 4. The molecule has 1 unspecified atom stereocenters. The van der Waals surface area contributed by atoms with Gasteiger partial charge in [0.1, 0.15) is 36.1 Å². The van der Waals surface area contributed by atoms with Crippen LogP contribution < -0.4 is 15.4 Å². The Bertz CT molecular complexity index is 2770. The number of hydrogen-bond donors (Lipinski definition) is 4. The van der Waals surface area contributed by atoms with Gasteiger partial charge in [-0.25, -0.2) is 19.6 Å². The molecule has 5 heterocycles. The number of nitrogens with zero attached hydrogens (tertiary/aromatic N) is 4. The molecule has 0 spiro atoms. The lowest BCUT2D eigenvalue weighted by atomic mass is 9.92. The van der Waals surface area contributed by atoms with E-state index in [9.17, 15) is 19.2 Å². The number of methoxy groups -OCH3 is 3. The molecule has 0 radical (unpaired) electrons. The second-order valence-electron chi connectivity index (χ2n) is 17.6. The molecule has 65 heavy (non-hydrogen) atoms. The number of aromatic nitrogens is 4. The number of alkyl carbamates (subject to hydrolysis) is 2. The zero-order valence-corrected chi connectivity index (χ0v) is 37.3. The summed E-state index contributed by atoms with van der Waals surface area (Å²) in [5, 5.41) is 7.42. The van der Waals surface area contributed by atoms with Gasteiger partial charge in [-0.2, -0.15) is 0 Å². The molecule has 2 saturated heterocycles. The number of amides is 4. The smallest absolute Gasteiger partial charge is 0.407 e. The van der Waals surface area contributed by atoms with Crippen molar-refractivity contribution in [2.24, 2.45) is 11.8 Å². The average molecular weight is 883 g/mol. The van der Waals surface area contributed by atoms with Crippen molar-refractivity contribution in [1.82, 2.24) is 40.4 Å². The van der Waals surface area contributed by atoms with Gasteiger partial charge in [-0.05, 0) is 84.0 Å². The zero-order chi connectivity index (χ0) is 45.5. The standard InChI is InChI=1S/C49H54N8O8/c1-26(2)41(54-48(60)63-5)47(59)57-27(3)12-17-38(57)45-51-36-16-14-30-20-35-33-15-13-31(19-32(33)25-65-40(35)21-34(30)43(36)53-45)37-22-50-44(52-37)39-18-28(24-62-4)23-56(39)46(58)42(55-49(61)64-6)29-10-8-7-9-11-29/h7-11,13-16,19-22,26-28,38-39,41-42H,12,17-18,23-25H2,1-6H3,(H,50,52)(H,51,53)(H,54,60)(H,55,61)/t27-,28-,38?,39-,41-,42+/m0/s1. The van der Waals surface area contributed by atoms with Gasteiger partial charge >= 0.3 is 12.2 Å². The lowest BCUT2D eigenvalue weighted by Gasteiger charge is -2.32. The van der Waals surface area contributed by atoms with Crippen LogP contribution in [0.2, 0.25) is 0 Å². The van der Waals surface area contributed by atoms with Gasteiger partial charge in [0.15, 0.2) is 0 Å². The number of H-pyrrole nitrogens is 2. The van der Waals surface area contributed by atoms with E-state index in [0.29, 0.717) is 43.4 Å². The molecule has 4 aromatic carbocycles. The second-order valence-corrected chi connectivity index (χ2v) is 17.6. The summed E-state index contributed by atoms with van der Waals surface area (Å²) in [6.07, 6.45) is 2.64. The van der Waals surface area contributed by atoms with E-state index in [1.807, 2.05) is 62.1 Å². The van der Waals surface area contributed by atoms with Gasteiger partial charge in [0.05, 0.1) is 55.8 Å². The monoisotopic (exact) mass is 882 g/mol. The van der Waals surface area contributed by atoms with Crippen molar-refractivity contribution in [2.75, 3.05) is 34.5 Å². The number of fused-ring (bicyclic) bond motifs is 6. The van der Waals surface area contributed by atoms with Crippen LogP contribution in [-0.2, 0) is 30.4 Å². The van der Waals surface area contributed by atoms with Crippen LogP contribution in [0.25, 0.3) is 44.2 Å². The Balaban J connectivity index is 0.974. The highest BCUT2D eigenvalue weighted by molar-refractivity contribution is 6.07. The van der Waals surface area contributed by atoms with Crippen LogP contribution >= 0.6 is 0 Å². The minimum atomic E-state index is -0.948. The highest BCUT2D eigenvalue weighted by atomic mass is 16.5. The first-order valence-electron chi connectivity index (χ1n) is 22.1. The summed E-state index contributed by atoms with van der Waals surface area (Å²) in [6.45, 7) is 7.11. The lowest BCUT2D eigenvalue weighted by Crippen LogP contribution is -2.52. The van der Waals surface area contributed by atoms with Crippen molar-refractivity contribution >= 4 is 45.8 Å². The van der Waals surface area contributed by atoms with Gasteiger partial charge in [-0.15, -0.1) is 0 Å². The molecular formula is C49H54N8O8. The van der Waals surface area contributed by atoms with Gasteiger partial charge < -0.3 is 49.3 Å². The van der Waals surface area contributed by atoms with E-state index in [2.05, 4.69) is 57.0 Å². The van der Waals surface area contributed by atoms with Gasteiger partial charge in [0, 0.05) is 36.6 Å². The number of likely N-dealkylation sites (tertiary alicyclic amines) is 2. The number of nitrogens with one attached hydrogen (secondary N) is 4. The van der Waals surface area contributed by atoms with Crippen LogP contribution in [0.3, 0.4) is 0 Å². The fourth-order valence-electron chi connectivity index (χ4n) is 9.83. The Kier molecular flexibility index (Phi) is 11.9. The van der Waals surface area contributed by atoms with Crippen molar-refractivity contribution in [1.29, 1.82) is 0 Å². The van der Waals surface area contributed by atoms with Crippen LogP contribution in [0.4, 0.5) is 9.59 Å². The molecule has 2 fully saturated rings. The molecule has 4 N–H and O–H groups in total. The molecule has 3 aliphatic heterocycles. The molecule has 9 rings (SSSR count). The van der Waals surface area contributed by atoms with E-state index in [0.717, 1.165) is 68.3 Å². The van der Waals surface area contributed by atoms with Crippen molar-refractivity contribution in [2.45, 2.75) is 76.8 Å². The minimum Gasteiger partial charge on any atom is -0.488 e. The third kappa shape index (κ3) is 8.22. The molecule has 6 aromatic rings. The van der Waals surface area contributed by atoms with Gasteiger partial charge in [-0.1, -0.05) is 62.4 Å². The third-order valence-electron chi connectivity index (χ3n) is 13.1. The molecule has 0 saturated carbocycles. The summed E-state index contributed by atoms with van der Waals surface area (Å²) in [7, 11) is 4.22. The SMILES string of the molecule is COC[C@H]1C[C@@H](c2ncc(-c3ccc4c(c3)COc3cc5c(ccc6[nH]c(C7CC[C@H](C)N7C(=O)[C@@H](NC(=O)OC)C(C)C)nc65)cc3-4)[nH]2)N(C(=O)[C@H](NC(=O)OC)c2ccccc2)C1. The number of rotatable bonds is 11. The normalized spacial score (nSPS) is 20.0. The van der Waals surface area contributed by atoms with Gasteiger partial charge in [-0.3, -0.25) is 9.59 Å². The molecule has 6 atom stereocenters. The summed E-state index contributed by atoms with van der Waals surface area (Å²) < 4.78 is 21.7. The van der Waals surface area contributed by atoms with E-state index < -0.39 is 24.3 Å². The third-order valence-corrected chi connectivity index (χ3v) is 13.1. The number of carbonyl (C=O) groups excluding carboxylic acids is 4. The molecular weight excluding hydrogens is 829 g/mol. The number of aromatic amines is 2. The van der Waals surface area contributed by atoms with Crippen molar-refractivity contribution in [3.63, 3.8) is 0 Å². The average Bonchev–Trinajstić information content (AvgIpc) is 4.15. The molecule has 2 aromatic heterocycles. The zero-order valence-electron chi connectivity index (χ0n) is 37.3. The quantitative estimate of drug-likeness (QED) is 0.100. The molecule has 16 nitrogen and oxygen atoms in total. The maximum atomic E-state index is 14.3. The molecule has 338 valence electrons. The van der Waals surface area contributed by atoms with Crippen molar-refractivity contribution in [3.05, 3.63) is 102 Å². The van der Waals surface area contributed by atoms with Gasteiger partial charge in [0.2, 0.25) is 5.91 Å². The highest BCUT2D eigenvalue weighted by Crippen LogP contribution is 2.44.